The van der Waals surface area contributed by atoms with Crippen molar-refractivity contribution in [1.29, 1.82) is 0 Å². The van der Waals surface area contributed by atoms with Gasteiger partial charge in [0.25, 0.3) is 0 Å². The molecule has 1 aliphatic rings. The Labute approximate surface area is 105 Å². The van der Waals surface area contributed by atoms with Gasteiger partial charge < -0.3 is 14.8 Å². The van der Waals surface area contributed by atoms with Crippen molar-refractivity contribution in [3.8, 4) is 6.01 Å². The molecule has 0 radical (unpaired) electrons. The Morgan fingerprint density at radius 1 is 1.35 bits per heavy atom. The summed E-state index contributed by atoms with van der Waals surface area (Å²) < 4.78 is 10.4. The number of ether oxygens (including phenoxy) is 2. The molecule has 0 spiro atoms. The maximum atomic E-state index is 5.78. The second-order valence-electron chi connectivity index (χ2n) is 3.81. The van der Waals surface area contributed by atoms with Crippen LogP contribution in [0.1, 0.15) is 19.8 Å². The van der Waals surface area contributed by atoms with Crippen LogP contribution < -0.4 is 10.1 Å². The van der Waals surface area contributed by atoms with Gasteiger partial charge in [-0.2, -0.15) is 15.0 Å². The molecule has 1 saturated carbocycles. The van der Waals surface area contributed by atoms with Crippen LogP contribution in [0.2, 0.25) is 5.28 Å². The third kappa shape index (κ3) is 3.17. The van der Waals surface area contributed by atoms with E-state index in [1.807, 2.05) is 6.92 Å². The number of nitrogens with one attached hydrogen (secondary N) is 1. The van der Waals surface area contributed by atoms with Gasteiger partial charge in [-0.25, -0.2) is 0 Å². The number of halogens is 1. The van der Waals surface area contributed by atoms with Crippen molar-refractivity contribution in [2.45, 2.75) is 31.9 Å². The Kier molecular flexibility index (Phi) is 3.96. The molecule has 1 heterocycles. The summed E-state index contributed by atoms with van der Waals surface area (Å²) in [7, 11) is 1.72. The Bertz CT molecular complexity index is 385. The molecule has 1 aliphatic carbocycles. The minimum Gasteiger partial charge on any atom is -0.464 e. The minimum atomic E-state index is 0.133. The zero-order chi connectivity index (χ0) is 12.3. The molecular weight excluding hydrogens is 244 g/mol. The third-order valence-electron chi connectivity index (χ3n) is 2.62. The topological polar surface area (TPSA) is 69.2 Å². The first-order valence-electron chi connectivity index (χ1n) is 5.55. The maximum absolute atomic E-state index is 5.78. The number of nitrogens with zero attached hydrogens (tertiary/aromatic N) is 3. The Hall–Kier alpha value is -1.14. The van der Waals surface area contributed by atoms with Crippen LogP contribution in [0, 0.1) is 0 Å². The van der Waals surface area contributed by atoms with E-state index in [9.17, 15) is 0 Å². The van der Waals surface area contributed by atoms with Crippen LogP contribution in [0.4, 0.5) is 5.95 Å². The van der Waals surface area contributed by atoms with E-state index in [0.717, 1.165) is 12.8 Å². The van der Waals surface area contributed by atoms with Gasteiger partial charge in [-0.1, -0.05) is 0 Å². The number of anilines is 1. The zero-order valence-electron chi connectivity index (χ0n) is 9.81. The van der Waals surface area contributed by atoms with Gasteiger partial charge in [-0.3, -0.25) is 0 Å². The first-order chi connectivity index (χ1) is 8.21. The van der Waals surface area contributed by atoms with Crippen LogP contribution in [0.25, 0.3) is 0 Å². The molecule has 0 amide bonds. The third-order valence-corrected chi connectivity index (χ3v) is 2.79. The molecule has 1 aromatic rings. The molecule has 7 heteroatoms. The highest BCUT2D eigenvalue weighted by Crippen LogP contribution is 2.25. The lowest BCUT2D eigenvalue weighted by atomic mass is 9.89. The molecular formula is C10H15ClN4O2. The van der Waals surface area contributed by atoms with Crippen LogP contribution in [0.5, 0.6) is 6.01 Å². The lowest BCUT2D eigenvalue weighted by Gasteiger charge is -2.34. The highest BCUT2D eigenvalue weighted by Gasteiger charge is 2.29. The smallest absolute Gasteiger partial charge is 0.322 e. The van der Waals surface area contributed by atoms with Crippen LogP contribution >= 0.6 is 11.6 Å². The standard InChI is InChI=1S/C10H15ClN4O2/c1-3-17-10-14-8(11)13-9(15-10)12-6-4-7(5-6)16-2/h6-7H,3-5H2,1-2H3,(H,12,13,14,15). The number of hydrogen-bond donors (Lipinski definition) is 1. The normalized spacial score (nSPS) is 23.0. The van der Waals surface area contributed by atoms with E-state index in [2.05, 4.69) is 20.3 Å². The van der Waals surface area contributed by atoms with E-state index < -0.39 is 0 Å². The fourth-order valence-electron chi connectivity index (χ4n) is 1.65. The largest absolute Gasteiger partial charge is 0.464 e. The van der Waals surface area contributed by atoms with Gasteiger partial charge in [-0.15, -0.1) is 0 Å². The lowest BCUT2D eigenvalue weighted by Crippen LogP contribution is -2.40. The fraction of sp³-hybridized carbons (Fsp3) is 0.700. The molecule has 0 aromatic carbocycles. The molecule has 17 heavy (non-hydrogen) atoms. The van der Waals surface area contributed by atoms with E-state index in [1.54, 1.807) is 7.11 Å². The van der Waals surface area contributed by atoms with Gasteiger partial charge in [0.1, 0.15) is 0 Å². The van der Waals surface area contributed by atoms with Crippen LogP contribution in [-0.2, 0) is 4.74 Å². The Morgan fingerprint density at radius 2 is 2.12 bits per heavy atom. The monoisotopic (exact) mass is 258 g/mol. The molecule has 6 nitrogen and oxygen atoms in total. The molecule has 1 N–H and O–H groups in total. The van der Waals surface area contributed by atoms with E-state index in [-0.39, 0.29) is 11.3 Å². The number of rotatable bonds is 5. The summed E-state index contributed by atoms with van der Waals surface area (Å²) in [5, 5.41) is 3.31. The van der Waals surface area contributed by atoms with Crippen LogP contribution in [0.15, 0.2) is 0 Å². The van der Waals surface area contributed by atoms with Gasteiger partial charge in [0, 0.05) is 13.2 Å². The van der Waals surface area contributed by atoms with E-state index >= 15 is 0 Å². The molecule has 2 rings (SSSR count). The highest BCUT2D eigenvalue weighted by molar-refractivity contribution is 6.28. The summed E-state index contributed by atoms with van der Waals surface area (Å²) >= 11 is 5.78. The van der Waals surface area contributed by atoms with Gasteiger partial charge in [0.15, 0.2) is 0 Å². The minimum absolute atomic E-state index is 0.133. The van der Waals surface area contributed by atoms with Crippen molar-refractivity contribution in [3.05, 3.63) is 5.28 Å². The highest BCUT2D eigenvalue weighted by atomic mass is 35.5. The predicted molar refractivity (Wildman–Crippen MR) is 63.4 cm³/mol. The van der Waals surface area contributed by atoms with Gasteiger partial charge in [0.2, 0.25) is 11.2 Å². The summed E-state index contributed by atoms with van der Waals surface area (Å²) in [5.41, 5.74) is 0. The van der Waals surface area contributed by atoms with E-state index in [0.29, 0.717) is 24.7 Å². The molecule has 0 unspecified atom stereocenters. The average molecular weight is 259 g/mol. The number of hydrogen-bond acceptors (Lipinski definition) is 6. The molecule has 0 atom stereocenters. The van der Waals surface area contributed by atoms with Crippen LogP contribution in [0.3, 0.4) is 0 Å². The van der Waals surface area contributed by atoms with Crippen molar-refractivity contribution in [2.75, 3.05) is 19.0 Å². The Balaban J connectivity index is 1.96. The van der Waals surface area contributed by atoms with Gasteiger partial charge in [-0.05, 0) is 31.4 Å². The predicted octanol–water partition coefficient (Wildman–Crippen LogP) is 1.51. The van der Waals surface area contributed by atoms with Crippen molar-refractivity contribution >= 4 is 17.5 Å². The molecule has 94 valence electrons. The van der Waals surface area contributed by atoms with Crippen molar-refractivity contribution in [1.82, 2.24) is 15.0 Å². The van der Waals surface area contributed by atoms with Gasteiger partial charge in [0.05, 0.1) is 12.7 Å². The molecule has 1 aromatic heterocycles. The summed E-state index contributed by atoms with van der Waals surface area (Å²) in [4.78, 5) is 12.0. The summed E-state index contributed by atoms with van der Waals surface area (Å²) in [6.07, 6.45) is 2.23. The average Bonchev–Trinajstić information content (AvgIpc) is 2.22. The second-order valence-corrected chi connectivity index (χ2v) is 4.15. The first-order valence-corrected chi connectivity index (χ1v) is 5.92. The Morgan fingerprint density at radius 3 is 2.76 bits per heavy atom. The van der Waals surface area contributed by atoms with Crippen molar-refractivity contribution in [3.63, 3.8) is 0 Å². The summed E-state index contributed by atoms with van der Waals surface area (Å²) in [6, 6.07) is 0.575. The van der Waals surface area contributed by atoms with Crippen molar-refractivity contribution in [2.24, 2.45) is 0 Å². The summed E-state index contributed by atoms with van der Waals surface area (Å²) in [6.45, 7) is 2.36. The second kappa shape index (κ2) is 5.46. The fourth-order valence-corrected chi connectivity index (χ4v) is 1.80. The molecule has 0 aliphatic heterocycles. The van der Waals surface area contributed by atoms with Crippen molar-refractivity contribution < 1.29 is 9.47 Å². The molecule has 1 fully saturated rings. The lowest BCUT2D eigenvalue weighted by molar-refractivity contribution is 0.0327. The van der Waals surface area contributed by atoms with E-state index in [4.69, 9.17) is 21.1 Å². The quantitative estimate of drug-likeness (QED) is 0.863. The maximum Gasteiger partial charge on any atom is 0.322 e. The summed E-state index contributed by atoms with van der Waals surface area (Å²) in [5.74, 6) is 0.452. The number of aromatic nitrogens is 3. The molecule has 0 bridgehead atoms. The SMILES string of the molecule is CCOc1nc(Cl)nc(NC2CC(OC)C2)n1. The molecule has 0 saturated heterocycles. The number of methoxy groups -OCH3 is 1. The van der Waals surface area contributed by atoms with Gasteiger partial charge >= 0.3 is 6.01 Å². The first kappa shape index (κ1) is 12.3. The van der Waals surface area contributed by atoms with Crippen LogP contribution in [-0.4, -0.2) is 40.8 Å². The van der Waals surface area contributed by atoms with E-state index in [1.165, 1.54) is 0 Å². The zero-order valence-corrected chi connectivity index (χ0v) is 10.6.